The number of amides is 1. The number of sulfonamides is 1. The van der Waals surface area contributed by atoms with Crippen molar-refractivity contribution in [2.24, 2.45) is 5.92 Å². The van der Waals surface area contributed by atoms with E-state index < -0.39 is 15.9 Å². The van der Waals surface area contributed by atoms with Gasteiger partial charge < -0.3 is 14.6 Å². The molecule has 0 bridgehead atoms. The summed E-state index contributed by atoms with van der Waals surface area (Å²) in [4.78, 5) is 16.9. The van der Waals surface area contributed by atoms with Crippen molar-refractivity contribution < 1.29 is 22.5 Å². The zero-order chi connectivity index (χ0) is 22.7. The van der Waals surface area contributed by atoms with Gasteiger partial charge in [-0.1, -0.05) is 5.16 Å². The lowest BCUT2D eigenvalue weighted by atomic mass is 9.99. The summed E-state index contributed by atoms with van der Waals surface area (Å²) in [5.41, 5.74) is 1.24. The molecule has 1 fully saturated rings. The van der Waals surface area contributed by atoms with Crippen LogP contribution in [-0.2, 0) is 14.8 Å². The lowest BCUT2D eigenvalue weighted by Gasteiger charge is -2.30. The highest BCUT2D eigenvalue weighted by atomic mass is 32.2. The third kappa shape index (κ3) is 4.84. The molecule has 1 aliphatic rings. The Kier molecular flexibility index (Phi) is 6.58. The summed E-state index contributed by atoms with van der Waals surface area (Å²) in [6, 6.07) is 8.67. The highest BCUT2D eigenvalue weighted by Gasteiger charge is 2.34. The largest absolute Gasteiger partial charge is 0.494 e. The molecule has 1 atom stereocenters. The second kappa shape index (κ2) is 9.39. The summed E-state index contributed by atoms with van der Waals surface area (Å²) in [5.74, 6) is 0.874. The molecule has 170 valence electrons. The van der Waals surface area contributed by atoms with Crippen LogP contribution in [0.1, 0.15) is 25.7 Å². The van der Waals surface area contributed by atoms with E-state index in [-0.39, 0.29) is 16.7 Å². The van der Waals surface area contributed by atoms with Gasteiger partial charge in [-0.3, -0.25) is 4.79 Å². The van der Waals surface area contributed by atoms with Gasteiger partial charge in [0.05, 0.1) is 12.5 Å². The number of carbonyl (C=O) groups is 1. The fourth-order valence-electron chi connectivity index (χ4n) is 3.53. The van der Waals surface area contributed by atoms with E-state index in [0.717, 1.165) is 17.1 Å². The smallest absolute Gasteiger partial charge is 0.252 e. The highest BCUT2D eigenvalue weighted by Crippen LogP contribution is 2.31. The van der Waals surface area contributed by atoms with Crippen LogP contribution in [0, 0.1) is 12.8 Å². The Morgan fingerprint density at radius 1 is 1.34 bits per heavy atom. The number of carbonyl (C=O) groups excluding carboxylic acids is 1. The normalized spacial score (nSPS) is 17.2. The van der Waals surface area contributed by atoms with Crippen LogP contribution in [0.4, 0.5) is 5.69 Å². The Labute approximate surface area is 190 Å². The van der Waals surface area contributed by atoms with Crippen molar-refractivity contribution in [3.63, 3.8) is 0 Å². The molecule has 11 heteroatoms. The third-order valence-corrected chi connectivity index (χ3v) is 8.42. The number of hydrogen-bond acceptors (Lipinski definition) is 8. The standard InChI is InChI=1S/C21H24N4O5S2/c1-3-29-18-8-6-17(7-9-18)23-21(26)15-5-4-10-25(12-15)32(27,28)19-11-16(13-31-19)20-22-14(2)30-24-20/h6-9,11,13,15H,3-5,10,12H2,1-2H3,(H,23,26)/t15-/m1/s1. The maximum atomic E-state index is 13.2. The van der Waals surface area contributed by atoms with Gasteiger partial charge in [0.15, 0.2) is 0 Å². The first kappa shape index (κ1) is 22.4. The van der Waals surface area contributed by atoms with Crippen molar-refractivity contribution in [1.82, 2.24) is 14.4 Å². The lowest BCUT2D eigenvalue weighted by molar-refractivity contribution is -0.120. The fraction of sp³-hybridized carbons (Fsp3) is 0.381. The molecule has 1 saturated heterocycles. The molecule has 1 N–H and O–H groups in total. The molecule has 0 saturated carbocycles. The predicted octanol–water partition coefficient (Wildman–Crippen LogP) is 3.54. The van der Waals surface area contributed by atoms with Crippen molar-refractivity contribution >= 4 is 33.0 Å². The Hall–Kier alpha value is -2.76. The summed E-state index contributed by atoms with van der Waals surface area (Å²) in [5, 5.41) is 8.41. The molecule has 3 aromatic rings. The Morgan fingerprint density at radius 3 is 2.81 bits per heavy atom. The van der Waals surface area contributed by atoms with Crippen LogP contribution in [0.3, 0.4) is 0 Å². The number of rotatable bonds is 7. The van der Waals surface area contributed by atoms with E-state index in [9.17, 15) is 13.2 Å². The van der Waals surface area contributed by atoms with E-state index in [1.54, 1.807) is 42.6 Å². The van der Waals surface area contributed by atoms with Crippen LogP contribution in [-0.4, -0.2) is 48.5 Å². The zero-order valence-corrected chi connectivity index (χ0v) is 19.4. The predicted molar refractivity (Wildman–Crippen MR) is 120 cm³/mol. The second-order valence-corrected chi connectivity index (χ2v) is 10.5. The Bertz CT molecular complexity index is 1190. The Balaban J connectivity index is 1.43. The number of hydrogen-bond donors (Lipinski definition) is 1. The van der Waals surface area contributed by atoms with E-state index in [0.29, 0.717) is 49.0 Å². The monoisotopic (exact) mass is 476 g/mol. The van der Waals surface area contributed by atoms with E-state index in [1.165, 1.54) is 4.31 Å². The quantitative estimate of drug-likeness (QED) is 0.555. The zero-order valence-electron chi connectivity index (χ0n) is 17.8. The number of thiophene rings is 1. The van der Waals surface area contributed by atoms with Crippen LogP contribution in [0.25, 0.3) is 11.4 Å². The summed E-state index contributed by atoms with van der Waals surface area (Å²) in [6.45, 7) is 4.66. The molecule has 0 radical (unpaired) electrons. The molecule has 0 spiro atoms. The molecule has 1 amide bonds. The number of aromatic nitrogens is 2. The van der Waals surface area contributed by atoms with Crippen LogP contribution in [0.15, 0.2) is 44.4 Å². The van der Waals surface area contributed by atoms with Gasteiger partial charge in [-0.2, -0.15) is 9.29 Å². The van der Waals surface area contributed by atoms with Gasteiger partial charge >= 0.3 is 0 Å². The summed E-state index contributed by atoms with van der Waals surface area (Å²) < 4.78 is 38.3. The van der Waals surface area contributed by atoms with Crippen molar-refractivity contribution in [1.29, 1.82) is 0 Å². The fourth-order valence-corrected chi connectivity index (χ4v) is 6.37. The number of benzene rings is 1. The van der Waals surface area contributed by atoms with E-state index in [1.807, 2.05) is 6.92 Å². The molecular weight excluding hydrogens is 452 g/mol. The molecule has 4 rings (SSSR count). The molecule has 32 heavy (non-hydrogen) atoms. The van der Waals surface area contributed by atoms with Gasteiger partial charge in [0, 0.05) is 36.6 Å². The first-order valence-corrected chi connectivity index (χ1v) is 12.6. The number of nitrogens with one attached hydrogen (secondary N) is 1. The van der Waals surface area contributed by atoms with Gasteiger partial charge in [-0.25, -0.2) is 8.42 Å². The minimum Gasteiger partial charge on any atom is -0.494 e. The molecule has 3 heterocycles. The average molecular weight is 477 g/mol. The number of anilines is 1. The Morgan fingerprint density at radius 2 is 2.12 bits per heavy atom. The summed E-state index contributed by atoms with van der Waals surface area (Å²) in [7, 11) is -3.72. The van der Waals surface area contributed by atoms with Crippen LogP contribution < -0.4 is 10.1 Å². The first-order chi connectivity index (χ1) is 15.4. The second-order valence-electron chi connectivity index (χ2n) is 7.44. The molecule has 0 aliphatic carbocycles. The first-order valence-electron chi connectivity index (χ1n) is 10.3. The van der Waals surface area contributed by atoms with Crippen LogP contribution >= 0.6 is 11.3 Å². The van der Waals surface area contributed by atoms with E-state index in [4.69, 9.17) is 9.26 Å². The number of nitrogens with zero attached hydrogens (tertiary/aromatic N) is 3. The third-order valence-electron chi connectivity index (χ3n) is 5.14. The van der Waals surface area contributed by atoms with Gasteiger partial charge in [0.25, 0.3) is 10.0 Å². The van der Waals surface area contributed by atoms with Crippen molar-refractivity contribution in [3.8, 4) is 17.1 Å². The van der Waals surface area contributed by atoms with E-state index in [2.05, 4.69) is 15.5 Å². The molecule has 1 aliphatic heterocycles. The molecule has 0 unspecified atom stereocenters. The topological polar surface area (TPSA) is 115 Å². The van der Waals surface area contributed by atoms with E-state index >= 15 is 0 Å². The van der Waals surface area contributed by atoms with Gasteiger partial charge in [-0.15, -0.1) is 11.3 Å². The minimum absolute atomic E-state index is 0.139. The lowest BCUT2D eigenvalue weighted by Crippen LogP contribution is -2.43. The van der Waals surface area contributed by atoms with Gasteiger partial charge in [0.2, 0.25) is 17.6 Å². The number of ether oxygens (including phenoxy) is 1. The van der Waals surface area contributed by atoms with Gasteiger partial charge in [-0.05, 0) is 50.1 Å². The minimum atomic E-state index is -3.72. The highest BCUT2D eigenvalue weighted by molar-refractivity contribution is 7.91. The van der Waals surface area contributed by atoms with Crippen LogP contribution in [0.5, 0.6) is 5.75 Å². The van der Waals surface area contributed by atoms with Crippen molar-refractivity contribution in [3.05, 3.63) is 41.6 Å². The molecule has 9 nitrogen and oxygen atoms in total. The number of aryl methyl sites for hydroxylation is 1. The SMILES string of the molecule is CCOc1ccc(NC(=O)[C@@H]2CCCN(S(=O)(=O)c3cc(-c4noc(C)n4)cs3)C2)cc1. The maximum Gasteiger partial charge on any atom is 0.252 e. The maximum absolute atomic E-state index is 13.2. The van der Waals surface area contributed by atoms with Crippen molar-refractivity contribution in [2.75, 3.05) is 25.0 Å². The van der Waals surface area contributed by atoms with Crippen molar-refractivity contribution in [2.45, 2.75) is 30.9 Å². The molecule has 1 aromatic carbocycles. The summed E-state index contributed by atoms with van der Waals surface area (Å²) >= 11 is 1.11. The summed E-state index contributed by atoms with van der Waals surface area (Å²) in [6.07, 6.45) is 1.25. The van der Waals surface area contributed by atoms with Gasteiger partial charge in [0.1, 0.15) is 9.96 Å². The number of piperidine rings is 1. The molecule has 2 aromatic heterocycles. The van der Waals surface area contributed by atoms with Crippen LogP contribution in [0.2, 0.25) is 0 Å². The molecular formula is C21H24N4O5S2. The average Bonchev–Trinajstić information content (AvgIpc) is 3.45.